The lowest BCUT2D eigenvalue weighted by Gasteiger charge is -2.11. The zero-order valence-electron chi connectivity index (χ0n) is 12.8. The number of aliphatic hydroxyl groups is 1. The molecule has 0 atom stereocenters. The zero-order chi connectivity index (χ0) is 16.1. The molecule has 1 fully saturated rings. The number of rotatable bonds is 7. The van der Waals surface area contributed by atoms with Crippen LogP contribution in [0.2, 0.25) is 0 Å². The lowest BCUT2D eigenvalue weighted by Crippen LogP contribution is -2.09. The van der Waals surface area contributed by atoms with Crippen LogP contribution in [0.1, 0.15) is 36.4 Å². The van der Waals surface area contributed by atoms with Gasteiger partial charge in [0.1, 0.15) is 11.9 Å². The third-order valence-electron chi connectivity index (χ3n) is 3.67. The summed E-state index contributed by atoms with van der Waals surface area (Å²) in [6.45, 7) is 0.759. The molecule has 0 aliphatic heterocycles. The summed E-state index contributed by atoms with van der Waals surface area (Å²) >= 11 is 0. The third kappa shape index (κ3) is 3.96. The molecule has 1 saturated carbocycles. The molecule has 1 aromatic carbocycles. The van der Waals surface area contributed by atoms with E-state index in [1.807, 2.05) is 24.3 Å². The van der Waals surface area contributed by atoms with Crippen molar-refractivity contribution in [1.29, 1.82) is 5.26 Å². The van der Waals surface area contributed by atoms with Gasteiger partial charge >= 0.3 is 0 Å². The second-order valence-corrected chi connectivity index (χ2v) is 5.56. The molecule has 0 unspecified atom stereocenters. The van der Waals surface area contributed by atoms with E-state index in [0.29, 0.717) is 36.2 Å². The van der Waals surface area contributed by atoms with Crippen LogP contribution in [0.5, 0.6) is 0 Å². The van der Waals surface area contributed by atoms with Crippen molar-refractivity contribution in [3.05, 3.63) is 41.6 Å². The summed E-state index contributed by atoms with van der Waals surface area (Å²) in [6.07, 6.45) is 2.96. The summed E-state index contributed by atoms with van der Waals surface area (Å²) in [4.78, 5) is 9.00. The van der Waals surface area contributed by atoms with E-state index >= 15 is 0 Å². The number of anilines is 3. The molecule has 0 amide bonds. The molecule has 0 bridgehead atoms. The molecule has 1 aliphatic rings. The van der Waals surface area contributed by atoms with Crippen LogP contribution >= 0.6 is 0 Å². The van der Waals surface area contributed by atoms with Gasteiger partial charge in [-0.2, -0.15) is 10.2 Å². The molecule has 6 nitrogen and oxygen atoms in total. The Hall–Kier alpha value is -2.65. The highest BCUT2D eigenvalue weighted by Crippen LogP contribution is 2.40. The van der Waals surface area contributed by atoms with Crippen LogP contribution in [0.15, 0.2) is 30.3 Å². The van der Waals surface area contributed by atoms with Crippen molar-refractivity contribution < 1.29 is 5.11 Å². The van der Waals surface area contributed by atoms with Gasteiger partial charge in [-0.15, -0.1) is 0 Å². The minimum Gasteiger partial charge on any atom is -0.396 e. The highest BCUT2D eigenvalue weighted by atomic mass is 16.3. The van der Waals surface area contributed by atoms with Gasteiger partial charge in [0.15, 0.2) is 0 Å². The number of nitriles is 1. The van der Waals surface area contributed by atoms with Gasteiger partial charge in [-0.1, -0.05) is 12.1 Å². The Morgan fingerprint density at radius 3 is 2.83 bits per heavy atom. The van der Waals surface area contributed by atoms with E-state index in [9.17, 15) is 5.26 Å². The van der Waals surface area contributed by atoms with Gasteiger partial charge in [0, 0.05) is 25.1 Å². The van der Waals surface area contributed by atoms with Crippen LogP contribution in [0.3, 0.4) is 0 Å². The van der Waals surface area contributed by atoms with E-state index in [1.165, 1.54) is 0 Å². The predicted molar refractivity (Wildman–Crippen MR) is 88.6 cm³/mol. The molecule has 1 aromatic heterocycles. The third-order valence-corrected chi connectivity index (χ3v) is 3.67. The average molecular weight is 309 g/mol. The molecule has 3 N–H and O–H groups in total. The Balaban J connectivity index is 1.84. The second-order valence-electron chi connectivity index (χ2n) is 5.56. The van der Waals surface area contributed by atoms with E-state index in [0.717, 1.165) is 24.2 Å². The summed E-state index contributed by atoms with van der Waals surface area (Å²) in [7, 11) is 0. The van der Waals surface area contributed by atoms with E-state index in [4.69, 9.17) is 5.11 Å². The Kier molecular flexibility index (Phi) is 4.69. The zero-order valence-corrected chi connectivity index (χ0v) is 12.8. The molecule has 3 rings (SSSR count). The van der Waals surface area contributed by atoms with Crippen molar-refractivity contribution in [3.63, 3.8) is 0 Å². The van der Waals surface area contributed by atoms with Gasteiger partial charge in [0.25, 0.3) is 0 Å². The number of para-hydroxylation sites is 1. The monoisotopic (exact) mass is 309 g/mol. The van der Waals surface area contributed by atoms with E-state index in [-0.39, 0.29) is 6.61 Å². The van der Waals surface area contributed by atoms with Crippen molar-refractivity contribution in [1.82, 2.24) is 9.97 Å². The topological polar surface area (TPSA) is 93.9 Å². The number of aliphatic hydroxyl groups excluding tert-OH is 1. The second kappa shape index (κ2) is 7.07. The SMILES string of the molecule is N#Cc1ccccc1Nc1cc(C2CC2)nc(NCCCO)n1. The Morgan fingerprint density at radius 2 is 2.09 bits per heavy atom. The molecule has 2 aromatic rings. The lowest BCUT2D eigenvalue weighted by molar-refractivity contribution is 0.292. The highest BCUT2D eigenvalue weighted by molar-refractivity contribution is 5.65. The first-order valence-corrected chi connectivity index (χ1v) is 7.80. The number of benzene rings is 1. The summed E-state index contributed by atoms with van der Waals surface area (Å²) in [6, 6.07) is 11.5. The minimum absolute atomic E-state index is 0.135. The lowest BCUT2D eigenvalue weighted by atomic mass is 10.2. The van der Waals surface area contributed by atoms with Crippen LogP contribution in [-0.2, 0) is 0 Å². The Labute approximate surface area is 135 Å². The first-order chi connectivity index (χ1) is 11.3. The maximum absolute atomic E-state index is 9.19. The van der Waals surface area contributed by atoms with Crippen LogP contribution in [0.25, 0.3) is 0 Å². The van der Waals surface area contributed by atoms with E-state index in [2.05, 4.69) is 26.7 Å². The first-order valence-electron chi connectivity index (χ1n) is 7.80. The van der Waals surface area contributed by atoms with Gasteiger partial charge < -0.3 is 15.7 Å². The van der Waals surface area contributed by atoms with Crippen molar-refractivity contribution in [3.8, 4) is 6.07 Å². The first kappa shape index (κ1) is 15.3. The predicted octanol–water partition coefficient (Wildman–Crippen LogP) is 2.76. The maximum Gasteiger partial charge on any atom is 0.224 e. The highest BCUT2D eigenvalue weighted by Gasteiger charge is 2.26. The number of hydrogen-bond acceptors (Lipinski definition) is 6. The quantitative estimate of drug-likeness (QED) is 0.681. The number of hydrogen-bond donors (Lipinski definition) is 3. The molecule has 23 heavy (non-hydrogen) atoms. The standard InChI is InChI=1S/C17H19N5O/c18-11-13-4-1-2-5-14(13)20-16-10-15(12-6-7-12)21-17(22-16)19-8-3-9-23/h1-2,4-5,10,12,23H,3,6-9H2,(H2,19,20,21,22). The Morgan fingerprint density at radius 1 is 1.26 bits per heavy atom. The van der Waals surface area contributed by atoms with Crippen LogP contribution < -0.4 is 10.6 Å². The smallest absolute Gasteiger partial charge is 0.224 e. The normalized spacial score (nSPS) is 13.4. The number of nitrogens with one attached hydrogen (secondary N) is 2. The molecule has 0 saturated heterocycles. The molecule has 0 spiro atoms. The van der Waals surface area contributed by atoms with Gasteiger partial charge in [-0.3, -0.25) is 0 Å². The van der Waals surface area contributed by atoms with Crippen LogP contribution in [0, 0.1) is 11.3 Å². The van der Waals surface area contributed by atoms with E-state index in [1.54, 1.807) is 6.07 Å². The molecule has 1 heterocycles. The Bertz CT molecular complexity index is 721. The van der Waals surface area contributed by atoms with E-state index < -0.39 is 0 Å². The van der Waals surface area contributed by atoms with Gasteiger partial charge in [0.05, 0.1) is 16.9 Å². The summed E-state index contributed by atoms with van der Waals surface area (Å²) < 4.78 is 0. The molecule has 118 valence electrons. The largest absolute Gasteiger partial charge is 0.396 e. The fraction of sp³-hybridized carbons (Fsp3) is 0.353. The molecule has 0 radical (unpaired) electrons. The van der Waals surface area contributed by atoms with Gasteiger partial charge in [0.2, 0.25) is 5.95 Å². The summed E-state index contributed by atoms with van der Waals surface area (Å²) in [5.74, 6) is 1.74. The summed E-state index contributed by atoms with van der Waals surface area (Å²) in [5.41, 5.74) is 2.33. The van der Waals surface area contributed by atoms with Crippen molar-refractivity contribution in [2.75, 3.05) is 23.8 Å². The fourth-order valence-electron chi connectivity index (χ4n) is 2.30. The average Bonchev–Trinajstić information content (AvgIpc) is 3.40. The van der Waals surface area contributed by atoms with Crippen molar-refractivity contribution in [2.45, 2.75) is 25.2 Å². The molecular weight excluding hydrogens is 290 g/mol. The minimum atomic E-state index is 0.135. The number of nitrogens with zero attached hydrogens (tertiary/aromatic N) is 3. The van der Waals surface area contributed by atoms with Crippen LogP contribution in [-0.4, -0.2) is 28.2 Å². The van der Waals surface area contributed by atoms with Crippen LogP contribution in [0.4, 0.5) is 17.5 Å². The molecule has 1 aliphatic carbocycles. The molecular formula is C17H19N5O. The maximum atomic E-state index is 9.19. The van der Waals surface area contributed by atoms with Crippen molar-refractivity contribution in [2.24, 2.45) is 0 Å². The summed E-state index contributed by atoms with van der Waals surface area (Å²) in [5, 5.41) is 24.4. The van der Waals surface area contributed by atoms with Gasteiger partial charge in [-0.05, 0) is 31.4 Å². The van der Waals surface area contributed by atoms with Crippen molar-refractivity contribution >= 4 is 17.5 Å². The molecule has 6 heteroatoms. The van der Waals surface area contributed by atoms with Gasteiger partial charge in [-0.25, -0.2) is 4.98 Å². The number of aromatic nitrogens is 2. The fourth-order valence-corrected chi connectivity index (χ4v) is 2.30.